The lowest BCUT2D eigenvalue weighted by Gasteiger charge is -2.14. The van der Waals surface area contributed by atoms with Crippen LogP contribution < -0.4 is 0 Å². The number of hydrogen-bond acceptors (Lipinski definition) is 1. The van der Waals surface area contributed by atoms with E-state index in [1.807, 2.05) is 0 Å². The molecule has 18 heavy (non-hydrogen) atoms. The van der Waals surface area contributed by atoms with Crippen LogP contribution in [0.3, 0.4) is 0 Å². The summed E-state index contributed by atoms with van der Waals surface area (Å²) >= 11 is 0. The molecule has 0 amide bonds. The topological polar surface area (TPSA) is 37.3 Å². The van der Waals surface area contributed by atoms with Gasteiger partial charge < -0.3 is 5.11 Å². The Bertz CT molecular complexity index is 184. The third-order valence-electron chi connectivity index (χ3n) is 3.65. The summed E-state index contributed by atoms with van der Waals surface area (Å²) in [4.78, 5) is 10.3. The zero-order valence-corrected chi connectivity index (χ0v) is 12.4. The molecule has 0 saturated heterocycles. The van der Waals surface area contributed by atoms with Crippen molar-refractivity contribution in [2.75, 3.05) is 0 Å². The molecule has 0 aliphatic rings. The van der Waals surface area contributed by atoms with E-state index < -0.39 is 5.97 Å². The number of carboxylic acid groups (broad SMARTS) is 1. The van der Waals surface area contributed by atoms with Crippen molar-refractivity contribution in [1.29, 1.82) is 0 Å². The van der Waals surface area contributed by atoms with Crippen molar-refractivity contribution in [3.05, 3.63) is 0 Å². The molecule has 0 atom stereocenters. The lowest BCUT2D eigenvalue weighted by atomic mass is 9.92. The van der Waals surface area contributed by atoms with Gasteiger partial charge in [0.15, 0.2) is 0 Å². The molecular formula is C16H32O2. The molecule has 0 bridgehead atoms. The van der Waals surface area contributed by atoms with Crippen LogP contribution in [0.15, 0.2) is 0 Å². The molecular weight excluding hydrogens is 224 g/mol. The smallest absolute Gasteiger partial charge is 0.303 e. The Balaban J connectivity index is 3.29. The maximum atomic E-state index is 10.3. The summed E-state index contributed by atoms with van der Waals surface area (Å²) in [6.45, 7) is 4.57. The molecule has 0 heterocycles. The largest absolute Gasteiger partial charge is 0.481 e. The van der Waals surface area contributed by atoms with Gasteiger partial charge in [-0.15, -0.1) is 0 Å². The first-order valence-corrected chi connectivity index (χ1v) is 7.92. The lowest BCUT2D eigenvalue weighted by Crippen LogP contribution is -1.99. The van der Waals surface area contributed by atoms with Gasteiger partial charge >= 0.3 is 5.97 Å². The summed E-state index contributed by atoms with van der Waals surface area (Å²) in [5.74, 6) is 0.295. The predicted octanol–water partition coefficient (Wildman–Crippen LogP) is 5.41. The molecule has 0 aliphatic heterocycles. The van der Waals surface area contributed by atoms with Gasteiger partial charge in [-0.1, -0.05) is 78.1 Å². The van der Waals surface area contributed by atoms with E-state index in [2.05, 4.69) is 13.8 Å². The van der Waals surface area contributed by atoms with Crippen LogP contribution >= 0.6 is 0 Å². The average molecular weight is 256 g/mol. The Morgan fingerprint density at radius 1 is 0.833 bits per heavy atom. The van der Waals surface area contributed by atoms with Crippen LogP contribution in [0.25, 0.3) is 0 Å². The number of hydrogen-bond donors (Lipinski definition) is 1. The molecule has 0 spiro atoms. The van der Waals surface area contributed by atoms with Gasteiger partial charge in [0.1, 0.15) is 0 Å². The minimum absolute atomic E-state index is 0.342. The van der Waals surface area contributed by atoms with E-state index >= 15 is 0 Å². The highest BCUT2D eigenvalue weighted by Crippen LogP contribution is 2.21. The van der Waals surface area contributed by atoms with Gasteiger partial charge in [-0.2, -0.15) is 0 Å². The van der Waals surface area contributed by atoms with E-state index in [0.717, 1.165) is 18.8 Å². The van der Waals surface area contributed by atoms with Crippen LogP contribution in [-0.2, 0) is 4.79 Å². The molecule has 108 valence electrons. The summed E-state index contributed by atoms with van der Waals surface area (Å²) in [5, 5.41) is 8.52. The van der Waals surface area contributed by atoms with E-state index in [9.17, 15) is 4.79 Å². The summed E-state index contributed by atoms with van der Waals surface area (Å²) in [5.41, 5.74) is 0. The number of carbonyl (C=O) groups is 1. The van der Waals surface area contributed by atoms with E-state index in [0.29, 0.717) is 6.42 Å². The average Bonchev–Trinajstić information content (AvgIpc) is 2.32. The van der Waals surface area contributed by atoms with Gasteiger partial charge in [0.2, 0.25) is 0 Å². The first-order valence-electron chi connectivity index (χ1n) is 7.92. The van der Waals surface area contributed by atoms with Crippen molar-refractivity contribution in [2.24, 2.45) is 5.92 Å². The maximum absolute atomic E-state index is 10.3. The first kappa shape index (κ1) is 17.5. The number of aliphatic carboxylic acids is 1. The van der Waals surface area contributed by atoms with Crippen molar-refractivity contribution in [3.63, 3.8) is 0 Å². The van der Waals surface area contributed by atoms with E-state index in [1.54, 1.807) is 0 Å². The Morgan fingerprint density at radius 3 is 1.83 bits per heavy atom. The molecule has 0 aromatic carbocycles. The van der Waals surface area contributed by atoms with Crippen molar-refractivity contribution in [2.45, 2.75) is 90.9 Å². The molecule has 0 saturated carbocycles. The fraction of sp³-hybridized carbons (Fsp3) is 0.938. The van der Waals surface area contributed by atoms with E-state index in [4.69, 9.17) is 5.11 Å². The fourth-order valence-corrected chi connectivity index (χ4v) is 2.67. The molecule has 0 aromatic rings. The number of carboxylic acids is 1. The molecule has 1 N–H and O–H groups in total. The van der Waals surface area contributed by atoms with Crippen LogP contribution in [0.4, 0.5) is 0 Å². The third kappa shape index (κ3) is 11.9. The van der Waals surface area contributed by atoms with Gasteiger partial charge in [0.05, 0.1) is 0 Å². The van der Waals surface area contributed by atoms with Gasteiger partial charge in [0.25, 0.3) is 0 Å². The molecule has 0 fully saturated rings. The second-order valence-corrected chi connectivity index (χ2v) is 5.50. The minimum Gasteiger partial charge on any atom is -0.481 e. The molecule has 0 radical (unpaired) electrons. The summed E-state index contributed by atoms with van der Waals surface area (Å²) in [7, 11) is 0. The standard InChI is InChI=1S/C16H32O2/c1-3-11-15(12-4-2)13-9-7-5-6-8-10-14-16(17)18/h15H,3-14H2,1-2H3,(H,17,18). The second kappa shape index (κ2) is 12.9. The van der Waals surface area contributed by atoms with Crippen molar-refractivity contribution in [1.82, 2.24) is 0 Å². The maximum Gasteiger partial charge on any atom is 0.303 e. The Morgan fingerprint density at radius 2 is 1.33 bits per heavy atom. The highest BCUT2D eigenvalue weighted by Gasteiger charge is 2.05. The monoisotopic (exact) mass is 256 g/mol. The highest BCUT2D eigenvalue weighted by atomic mass is 16.4. The zero-order valence-electron chi connectivity index (χ0n) is 12.4. The van der Waals surface area contributed by atoms with Gasteiger partial charge in [-0.25, -0.2) is 0 Å². The number of rotatable bonds is 13. The van der Waals surface area contributed by atoms with Crippen LogP contribution in [0.2, 0.25) is 0 Å². The number of unbranched alkanes of at least 4 members (excludes halogenated alkanes) is 5. The van der Waals surface area contributed by atoms with Crippen LogP contribution in [0, 0.1) is 5.92 Å². The quantitative estimate of drug-likeness (QED) is 0.447. The van der Waals surface area contributed by atoms with Gasteiger partial charge in [0, 0.05) is 6.42 Å². The van der Waals surface area contributed by atoms with Crippen LogP contribution in [0.5, 0.6) is 0 Å². The predicted molar refractivity (Wildman–Crippen MR) is 77.9 cm³/mol. The van der Waals surface area contributed by atoms with Gasteiger partial charge in [-0.05, 0) is 12.3 Å². The van der Waals surface area contributed by atoms with Crippen molar-refractivity contribution < 1.29 is 9.90 Å². The zero-order chi connectivity index (χ0) is 13.6. The lowest BCUT2D eigenvalue weighted by molar-refractivity contribution is -0.137. The van der Waals surface area contributed by atoms with Crippen molar-refractivity contribution in [3.8, 4) is 0 Å². The van der Waals surface area contributed by atoms with Crippen molar-refractivity contribution >= 4 is 5.97 Å². The first-order chi connectivity index (χ1) is 8.70. The van der Waals surface area contributed by atoms with Crippen LogP contribution in [-0.4, -0.2) is 11.1 Å². The normalized spacial score (nSPS) is 11.1. The fourth-order valence-electron chi connectivity index (χ4n) is 2.67. The third-order valence-corrected chi connectivity index (χ3v) is 3.65. The van der Waals surface area contributed by atoms with Gasteiger partial charge in [-0.3, -0.25) is 4.79 Å². The Labute approximate surface area is 113 Å². The molecule has 2 heteroatoms. The summed E-state index contributed by atoms with van der Waals surface area (Å²) < 4.78 is 0. The second-order valence-electron chi connectivity index (χ2n) is 5.50. The Hall–Kier alpha value is -0.530. The molecule has 2 nitrogen and oxygen atoms in total. The summed E-state index contributed by atoms with van der Waals surface area (Å²) in [6, 6.07) is 0. The molecule has 0 unspecified atom stereocenters. The van der Waals surface area contributed by atoms with Crippen LogP contribution in [0.1, 0.15) is 90.9 Å². The summed E-state index contributed by atoms with van der Waals surface area (Å²) in [6.07, 6.45) is 14.3. The SMILES string of the molecule is CCCC(CCC)CCCCCCCCC(=O)O. The van der Waals surface area contributed by atoms with E-state index in [-0.39, 0.29) is 0 Å². The Kier molecular flexibility index (Phi) is 12.5. The molecule has 0 aliphatic carbocycles. The molecule has 0 aromatic heterocycles. The van der Waals surface area contributed by atoms with E-state index in [1.165, 1.54) is 57.8 Å². The molecule has 0 rings (SSSR count). The highest BCUT2D eigenvalue weighted by molar-refractivity contribution is 5.66. The minimum atomic E-state index is -0.656.